The monoisotopic (exact) mass is 186 g/mol. The smallest absolute Gasteiger partial charge is 0.0460 e. The lowest BCUT2D eigenvalue weighted by molar-refractivity contribution is -0.0686. The van der Waals surface area contributed by atoms with Gasteiger partial charge in [0.15, 0.2) is 0 Å². The van der Waals surface area contributed by atoms with Crippen LogP contribution in [0.2, 0.25) is 0 Å². The summed E-state index contributed by atoms with van der Waals surface area (Å²) in [5, 5.41) is 3.54. The number of hydrogen-bond acceptors (Lipinski definition) is 2. The van der Waals surface area contributed by atoms with Crippen LogP contribution in [0, 0.1) is 0 Å². The van der Waals surface area contributed by atoms with Crippen molar-refractivity contribution in [1.82, 2.24) is 10.2 Å². The molecule has 0 aromatic carbocycles. The fraction of sp³-hybridized carbons (Fsp3) is 1.00. The van der Waals surface area contributed by atoms with Crippen LogP contribution in [0.3, 0.4) is 0 Å². The molecule has 80 valence electrons. The Morgan fingerprint density at radius 1 is 1.23 bits per heavy atom. The van der Waals surface area contributed by atoms with Crippen molar-refractivity contribution in [2.24, 2.45) is 0 Å². The fourth-order valence-electron chi connectivity index (χ4n) is 1.86. The molecule has 0 bridgehead atoms. The van der Waals surface area contributed by atoms with E-state index >= 15 is 0 Å². The van der Waals surface area contributed by atoms with Crippen molar-refractivity contribution in [1.29, 1.82) is 0 Å². The molecule has 0 aromatic heterocycles. The zero-order chi connectivity index (χ0) is 10.7. The van der Waals surface area contributed by atoms with Crippen molar-refractivity contribution in [3.8, 4) is 0 Å². The van der Waals surface area contributed by atoms with E-state index in [1.807, 2.05) is 13.8 Å². The van der Waals surface area contributed by atoms with Crippen LogP contribution in [-0.4, -0.2) is 36.1 Å². The Bertz CT molecular complexity index is 150. The van der Waals surface area contributed by atoms with Gasteiger partial charge in [-0.2, -0.15) is 0 Å². The molecule has 0 amide bonds. The van der Waals surface area contributed by atoms with Crippen molar-refractivity contribution in [3.63, 3.8) is 0 Å². The van der Waals surface area contributed by atoms with Gasteiger partial charge in [0.1, 0.15) is 0 Å². The summed E-state index contributed by atoms with van der Waals surface area (Å²) in [4.78, 5) is 2.38. The molecule has 0 unspecified atom stereocenters. The van der Waals surface area contributed by atoms with Gasteiger partial charge in [-0.15, -0.1) is 0 Å². The molecule has 1 fully saturated rings. The fourth-order valence-corrected chi connectivity index (χ4v) is 1.86. The van der Waals surface area contributed by atoms with E-state index in [1.165, 1.54) is 0 Å². The van der Waals surface area contributed by atoms with Gasteiger partial charge in [-0.3, -0.25) is 4.90 Å². The van der Waals surface area contributed by atoms with E-state index in [0.717, 1.165) is 13.1 Å². The third-order valence-electron chi connectivity index (χ3n) is 3.42. The topological polar surface area (TPSA) is 15.3 Å². The Hall–Kier alpha value is -0.0800. The second-order valence-corrected chi connectivity index (χ2v) is 4.28. The molecular formula is C11H26N2. The summed E-state index contributed by atoms with van der Waals surface area (Å²) in [7, 11) is 2.18. The molecule has 0 saturated carbocycles. The number of nitrogens with zero attached hydrogens (tertiary/aromatic N) is 1. The van der Waals surface area contributed by atoms with E-state index in [1.54, 1.807) is 0 Å². The summed E-state index contributed by atoms with van der Waals surface area (Å²) in [5.41, 5.74) is 0.625. The van der Waals surface area contributed by atoms with Crippen LogP contribution in [0.5, 0.6) is 0 Å². The first-order valence-electron chi connectivity index (χ1n) is 5.40. The van der Waals surface area contributed by atoms with E-state index in [2.05, 4.69) is 45.0 Å². The van der Waals surface area contributed by atoms with E-state index in [4.69, 9.17) is 0 Å². The predicted molar refractivity (Wildman–Crippen MR) is 60.1 cm³/mol. The number of rotatable bonds is 2. The van der Waals surface area contributed by atoms with Gasteiger partial charge in [-0.25, -0.2) is 0 Å². The normalized spacial score (nSPS) is 31.6. The maximum Gasteiger partial charge on any atom is 0.0460 e. The molecule has 1 rings (SSSR count). The molecule has 0 radical (unpaired) electrons. The molecule has 13 heavy (non-hydrogen) atoms. The zero-order valence-electron chi connectivity index (χ0n) is 10.4. The Morgan fingerprint density at radius 3 is 1.92 bits per heavy atom. The number of likely N-dealkylation sites (tertiary alicyclic amines) is 1. The van der Waals surface area contributed by atoms with Crippen LogP contribution >= 0.6 is 0 Å². The molecule has 2 nitrogen and oxygen atoms in total. The first kappa shape index (κ1) is 12.9. The predicted octanol–water partition coefficient (Wildman–Crippen LogP) is 2.10. The number of likely N-dealkylation sites (N-methyl/N-ethyl adjacent to an activating group) is 2. The van der Waals surface area contributed by atoms with E-state index in [9.17, 15) is 0 Å². The SMILES string of the molecule is CC.CCN[C@]1(C)CN(C)C1(C)C. The van der Waals surface area contributed by atoms with Gasteiger partial charge in [0, 0.05) is 17.6 Å². The van der Waals surface area contributed by atoms with E-state index < -0.39 is 0 Å². The molecule has 1 heterocycles. The average molecular weight is 186 g/mol. The summed E-state index contributed by atoms with van der Waals surface area (Å²) in [6, 6.07) is 0. The van der Waals surface area contributed by atoms with Crippen LogP contribution in [-0.2, 0) is 0 Å². The minimum atomic E-state index is 0.309. The molecule has 0 spiro atoms. The van der Waals surface area contributed by atoms with Crippen LogP contribution in [0.1, 0.15) is 41.5 Å². The Morgan fingerprint density at radius 2 is 1.69 bits per heavy atom. The van der Waals surface area contributed by atoms with Gasteiger partial charge in [0.2, 0.25) is 0 Å². The Balaban J connectivity index is 0.000000671. The number of hydrogen-bond donors (Lipinski definition) is 1. The molecular weight excluding hydrogens is 160 g/mol. The molecule has 2 heteroatoms. The van der Waals surface area contributed by atoms with Gasteiger partial charge < -0.3 is 5.32 Å². The van der Waals surface area contributed by atoms with Crippen LogP contribution in [0.25, 0.3) is 0 Å². The standard InChI is InChI=1S/C9H20N2.C2H6/c1-6-10-9(4)7-11(5)8(9,2)3;1-2/h10H,6-7H2,1-5H3;1-2H3/t9-;/m1./s1. The lowest BCUT2D eigenvalue weighted by Gasteiger charge is -2.61. The largest absolute Gasteiger partial charge is 0.309 e. The number of nitrogens with one attached hydrogen (secondary N) is 1. The third kappa shape index (κ3) is 2.05. The lowest BCUT2D eigenvalue weighted by Crippen LogP contribution is -2.79. The summed E-state index contributed by atoms with van der Waals surface area (Å²) in [6.45, 7) is 15.3. The minimum absolute atomic E-state index is 0.309. The van der Waals surface area contributed by atoms with Gasteiger partial charge >= 0.3 is 0 Å². The highest BCUT2D eigenvalue weighted by Crippen LogP contribution is 2.37. The summed E-state index contributed by atoms with van der Waals surface area (Å²) in [6.07, 6.45) is 0. The summed E-state index contributed by atoms with van der Waals surface area (Å²) >= 11 is 0. The van der Waals surface area contributed by atoms with Crippen molar-refractivity contribution >= 4 is 0 Å². The molecule has 1 aliphatic heterocycles. The van der Waals surface area contributed by atoms with Crippen LogP contribution in [0.15, 0.2) is 0 Å². The molecule has 0 aromatic rings. The van der Waals surface area contributed by atoms with Crippen LogP contribution < -0.4 is 5.32 Å². The Kier molecular flexibility index (Phi) is 4.40. The zero-order valence-corrected chi connectivity index (χ0v) is 10.4. The minimum Gasteiger partial charge on any atom is -0.309 e. The van der Waals surface area contributed by atoms with Crippen molar-refractivity contribution in [3.05, 3.63) is 0 Å². The maximum absolute atomic E-state index is 3.54. The van der Waals surface area contributed by atoms with Gasteiger partial charge in [0.25, 0.3) is 0 Å². The van der Waals surface area contributed by atoms with Gasteiger partial charge in [-0.1, -0.05) is 20.8 Å². The summed E-state index contributed by atoms with van der Waals surface area (Å²) < 4.78 is 0. The second kappa shape index (κ2) is 4.43. The first-order valence-corrected chi connectivity index (χ1v) is 5.40. The maximum atomic E-state index is 3.54. The molecule has 1 N–H and O–H groups in total. The third-order valence-corrected chi connectivity index (χ3v) is 3.42. The highest BCUT2D eigenvalue weighted by Gasteiger charge is 2.53. The van der Waals surface area contributed by atoms with E-state index in [-0.39, 0.29) is 0 Å². The van der Waals surface area contributed by atoms with Crippen molar-refractivity contribution < 1.29 is 0 Å². The highest BCUT2D eigenvalue weighted by molar-refractivity contribution is 5.13. The van der Waals surface area contributed by atoms with Crippen molar-refractivity contribution in [2.45, 2.75) is 52.6 Å². The average Bonchev–Trinajstić information content (AvgIpc) is 2.08. The Labute approximate surface area is 83.7 Å². The molecule has 1 aliphatic rings. The van der Waals surface area contributed by atoms with Crippen LogP contribution in [0.4, 0.5) is 0 Å². The van der Waals surface area contributed by atoms with Crippen molar-refractivity contribution in [2.75, 3.05) is 20.1 Å². The van der Waals surface area contributed by atoms with Gasteiger partial charge in [0.05, 0.1) is 0 Å². The second-order valence-electron chi connectivity index (χ2n) is 4.28. The lowest BCUT2D eigenvalue weighted by atomic mass is 9.71. The quantitative estimate of drug-likeness (QED) is 0.710. The molecule has 1 saturated heterocycles. The van der Waals surface area contributed by atoms with E-state index in [0.29, 0.717) is 11.1 Å². The first-order chi connectivity index (χ1) is 5.94. The molecule has 1 atom stereocenters. The highest BCUT2D eigenvalue weighted by atomic mass is 15.3. The van der Waals surface area contributed by atoms with Gasteiger partial charge in [-0.05, 0) is 34.4 Å². The summed E-state index contributed by atoms with van der Waals surface area (Å²) in [5.74, 6) is 0. The molecule has 0 aliphatic carbocycles.